The third kappa shape index (κ3) is 2.65. The van der Waals surface area contributed by atoms with E-state index in [-0.39, 0.29) is 5.76 Å². The van der Waals surface area contributed by atoms with Gasteiger partial charge in [0.05, 0.1) is 7.11 Å². The second kappa shape index (κ2) is 4.97. The molecule has 0 radical (unpaired) electrons. The van der Waals surface area contributed by atoms with Gasteiger partial charge in [0.25, 0.3) is 0 Å². The number of benzene rings is 1. The fourth-order valence-electron chi connectivity index (χ4n) is 1.65. The largest absolute Gasteiger partial charge is 0.504 e. The lowest BCUT2D eigenvalue weighted by Crippen LogP contribution is -1.97. The van der Waals surface area contributed by atoms with Gasteiger partial charge >= 0.3 is 5.63 Å². The average molecular weight is 260 g/mol. The minimum Gasteiger partial charge on any atom is -0.504 e. The molecule has 1 aromatic heterocycles. The van der Waals surface area contributed by atoms with Crippen LogP contribution in [0, 0.1) is 0 Å². The molecule has 0 aliphatic rings. The molecule has 2 aromatic rings. The highest BCUT2D eigenvalue weighted by molar-refractivity contribution is 5.96. The highest BCUT2D eigenvalue weighted by Crippen LogP contribution is 2.26. The number of methoxy groups -OCH3 is 1. The van der Waals surface area contributed by atoms with Crippen LogP contribution in [0.15, 0.2) is 39.2 Å². The lowest BCUT2D eigenvalue weighted by molar-refractivity contribution is -0.115. The van der Waals surface area contributed by atoms with Crippen molar-refractivity contribution >= 4 is 22.8 Å². The van der Waals surface area contributed by atoms with E-state index in [1.807, 2.05) is 0 Å². The first-order valence-electron chi connectivity index (χ1n) is 5.55. The molecule has 5 heteroatoms. The Morgan fingerprint density at radius 1 is 1.37 bits per heavy atom. The SMILES string of the molecule is COc1cc2oc(=O)ccc2cc1/C=C(\O)C(C)=O. The van der Waals surface area contributed by atoms with Gasteiger partial charge in [-0.05, 0) is 18.2 Å². The Labute approximate surface area is 108 Å². The van der Waals surface area contributed by atoms with Crippen molar-refractivity contribution in [2.45, 2.75) is 6.92 Å². The van der Waals surface area contributed by atoms with Crippen molar-refractivity contribution in [3.63, 3.8) is 0 Å². The molecule has 0 aliphatic heterocycles. The van der Waals surface area contributed by atoms with Crippen molar-refractivity contribution in [2.24, 2.45) is 0 Å². The van der Waals surface area contributed by atoms with Crippen LogP contribution in [0.3, 0.4) is 0 Å². The number of hydrogen-bond acceptors (Lipinski definition) is 5. The van der Waals surface area contributed by atoms with Crippen molar-refractivity contribution in [2.75, 3.05) is 7.11 Å². The van der Waals surface area contributed by atoms with E-state index in [9.17, 15) is 14.7 Å². The van der Waals surface area contributed by atoms with Gasteiger partial charge in [-0.3, -0.25) is 4.79 Å². The molecule has 0 fully saturated rings. The van der Waals surface area contributed by atoms with Crippen LogP contribution in [0.4, 0.5) is 0 Å². The molecule has 0 spiro atoms. The molecule has 1 N–H and O–H groups in total. The van der Waals surface area contributed by atoms with Gasteiger partial charge in [-0.2, -0.15) is 0 Å². The number of Topliss-reactive ketones (excluding diaryl/α,β-unsaturated/α-hetero) is 1. The molecule has 98 valence electrons. The maximum Gasteiger partial charge on any atom is 0.336 e. The lowest BCUT2D eigenvalue weighted by Gasteiger charge is -2.06. The number of aliphatic hydroxyl groups is 1. The molecule has 0 unspecified atom stereocenters. The van der Waals surface area contributed by atoms with Gasteiger partial charge in [-0.15, -0.1) is 0 Å². The van der Waals surface area contributed by atoms with Crippen LogP contribution in [0.5, 0.6) is 5.75 Å². The highest BCUT2D eigenvalue weighted by Gasteiger charge is 2.08. The van der Waals surface area contributed by atoms with Crippen LogP contribution in [0.2, 0.25) is 0 Å². The van der Waals surface area contributed by atoms with Gasteiger partial charge in [-0.25, -0.2) is 4.79 Å². The van der Waals surface area contributed by atoms with Crippen molar-refractivity contribution in [3.8, 4) is 5.75 Å². The quantitative estimate of drug-likeness (QED) is 0.520. The summed E-state index contributed by atoms with van der Waals surface area (Å²) in [5.41, 5.74) is 0.449. The summed E-state index contributed by atoms with van der Waals surface area (Å²) < 4.78 is 10.2. The third-order valence-electron chi connectivity index (χ3n) is 2.62. The summed E-state index contributed by atoms with van der Waals surface area (Å²) in [5, 5.41) is 10.2. The van der Waals surface area contributed by atoms with Crippen molar-refractivity contribution in [1.29, 1.82) is 0 Å². The molecule has 0 atom stereocenters. The smallest absolute Gasteiger partial charge is 0.336 e. The monoisotopic (exact) mass is 260 g/mol. The predicted octanol–water partition coefficient (Wildman–Crippen LogP) is 2.29. The number of hydrogen-bond donors (Lipinski definition) is 1. The van der Waals surface area contributed by atoms with E-state index >= 15 is 0 Å². The first-order valence-corrected chi connectivity index (χ1v) is 5.55. The number of allylic oxidation sites excluding steroid dienone is 1. The van der Waals surface area contributed by atoms with Gasteiger partial charge < -0.3 is 14.3 Å². The lowest BCUT2D eigenvalue weighted by atomic mass is 10.1. The molecular formula is C14H12O5. The Hall–Kier alpha value is -2.56. The summed E-state index contributed by atoms with van der Waals surface area (Å²) >= 11 is 0. The minimum absolute atomic E-state index is 0.366. The number of ether oxygens (including phenoxy) is 1. The first kappa shape index (κ1) is 12.9. The molecule has 0 saturated heterocycles. The van der Waals surface area contributed by atoms with Crippen LogP contribution >= 0.6 is 0 Å². The molecule has 2 rings (SSSR count). The van der Waals surface area contributed by atoms with Crippen LogP contribution in [-0.2, 0) is 4.79 Å². The maximum absolute atomic E-state index is 11.1. The van der Waals surface area contributed by atoms with Gasteiger partial charge in [0.15, 0.2) is 11.5 Å². The number of carbonyl (C=O) groups is 1. The summed E-state index contributed by atoms with van der Waals surface area (Å²) in [5.74, 6) is -0.411. The van der Waals surface area contributed by atoms with Crippen LogP contribution in [0.25, 0.3) is 17.0 Å². The Balaban J connectivity index is 2.67. The topological polar surface area (TPSA) is 76.7 Å². The van der Waals surface area contributed by atoms with Crippen LogP contribution in [0.1, 0.15) is 12.5 Å². The van der Waals surface area contributed by atoms with E-state index in [0.717, 1.165) is 0 Å². The van der Waals surface area contributed by atoms with Gasteiger partial charge in [0, 0.05) is 30.0 Å². The Bertz CT molecular complexity index is 724. The van der Waals surface area contributed by atoms with Crippen LogP contribution in [-0.4, -0.2) is 18.0 Å². The van der Waals surface area contributed by atoms with E-state index in [1.165, 1.54) is 32.2 Å². The van der Waals surface area contributed by atoms with E-state index in [0.29, 0.717) is 22.3 Å². The summed E-state index contributed by atoms with van der Waals surface area (Å²) in [6, 6.07) is 6.10. The van der Waals surface area contributed by atoms with E-state index in [2.05, 4.69) is 0 Å². The van der Waals surface area contributed by atoms with Crippen molar-refractivity contribution in [1.82, 2.24) is 0 Å². The Morgan fingerprint density at radius 3 is 2.74 bits per heavy atom. The third-order valence-corrected chi connectivity index (χ3v) is 2.62. The second-order valence-electron chi connectivity index (χ2n) is 3.97. The van der Waals surface area contributed by atoms with E-state index in [4.69, 9.17) is 9.15 Å². The van der Waals surface area contributed by atoms with E-state index in [1.54, 1.807) is 12.1 Å². The number of aliphatic hydroxyl groups excluding tert-OH is 1. The summed E-state index contributed by atoms with van der Waals surface area (Å²) in [7, 11) is 1.45. The summed E-state index contributed by atoms with van der Waals surface area (Å²) in [6.45, 7) is 1.26. The Kier molecular flexibility index (Phi) is 3.37. The number of fused-ring (bicyclic) bond motifs is 1. The number of carbonyl (C=O) groups excluding carboxylic acids is 1. The molecule has 0 bridgehead atoms. The van der Waals surface area contributed by atoms with Crippen LogP contribution < -0.4 is 10.4 Å². The first-order chi connectivity index (χ1) is 9.01. The normalized spacial score (nSPS) is 11.6. The Morgan fingerprint density at radius 2 is 2.11 bits per heavy atom. The molecule has 0 saturated carbocycles. The molecule has 0 aliphatic carbocycles. The number of ketones is 1. The average Bonchev–Trinajstić information content (AvgIpc) is 2.38. The standard InChI is InChI=1S/C14H12O5/c1-8(15)11(16)6-10-5-9-3-4-14(17)19-13(9)7-12(10)18-2/h3-7,16H,1-2H3/b11-6-. The van der Waals surface area contributed by atoms with E-state index < -0.39 is 11.4 Å². The second-order valence-corrected chi connectivity index (χ2v) is 3.97. The molecule has 19 heavy (non-hydrogen) atoms. The zero-order valence-corrected chi connectivity index (χ0v) is 10.5. The fraction of sp³-hybridized carbons (Fsp3) is 0.143. The highest BCUT2D eigenvalue weighted by atomic mass is 16.5. The van der Waals surface area contributed by atoms with Crippen molar-refractivity contribution < 1.29 is 19.1 Å². The molecule has 5 nitrogen and oxygen atoms in total. The maximum atomic E-state index is 11.1. The van der Waals surface area contributed by atoms with Gasteiger partial charge in [0.2, 0.25) is 0 Å². The van der Waals surface area contributed by atoms with Gasteiger partial charge in [-0.1, -0.05) is 0 Å². The summed E-state index contributed by atoms with van der Waals surface area (Å²) in [6.07, 6.45) is 1.31. The predicted molar refractivity (Wildman–Crippen MR) is 70.3 cm³/mol. The van der Waals surface area contributed by atoms with Crippen molar-refractivity contribution in [3.05, 3.63) is 46.0 Å². The zero-order valence-electron chi connectivity index (χ0n) is 10.5. The fourth-order valence-corrected chi connectivity index (χ4v) is 1.65. The molecular weight excluding hydrogens is 248 g/mol. The molecule has 1 heterocycles. The minimum atomic E-state index is -0.454. The molecule has 1 aromatic carbocycles. The number of rotatable bonds is 3. The molecule has 0 amide bonds. The zero-order chi connectivity index (χ0) is 14.0. The summed E-state index contributed by atoms with van der Waals surface area (Å²) in [4.78, 5) is 22.2. The van der Waals surface area contributed by atoms with Gasteiger partial charge in [0.1, 0.15) is 11.3 Å².